The van der Waals surface area contributed by atoms with Gasteiger partial charge in [0.15, 0.2) is 0 Å². The Bertz CT molecular complexity index is 313. The third-order valence-corrected chi connectivity index (χ3v) is 4.13. The summed E-state index contributed by atoms with van der Waals surface area (Å²) in [6.07, 6.45) is 1.03. The third kappa shape index (κ3) is 4.65. The second-order valence-electron chi connectivity index (χ2n) is 4.22. The topological polar surface area (TPSA) is 37.4 Å². The summed E-state index contributed by atoms with van der Waals surface area (Å²) in [6.45, 7) is 9.20. The first kappa shape index (κ1) is 15.6. The monoisotopic (exact) mass is 271 g/mol. The van der Waals surface area contributed by atoms with Crippen LogP contribution in [0.15, 0.2) is 0 Å². The van der Waals surface area contributed by atoms with Crippen molar-refractivity contribution in [2.24, 2.45) is 0 Å². The van der Waals surface area contributed by atoms with Crippen molar-refractivity contribution in [1.82, 2.24) is 15.2 Å². The maximum absolute atomic E-state index is 5.20. The maximum atomic E-state index is 5.20. The highest BCUT2D eigenvalue weighted by Crippen LogP contribution is 2.20. The Morgan fingerprint density at radius 1 is 1.33 bits per heavy atom. The van der Waals surface area contributed by atoms with Crippen LogP contribution in [0.4, 0.5) is 0 Å². The van der Waals surface area contributed by atoms with Gasteiger partial charge < -0.3 is 15.0 Å². The molecular formula is C13H25N3OS. The van der Waals surface area contributed by atoms with E-state index in [-0.39, 0.29) is 0 Å². The van der Waals surface area contributed by atoms with Crippen LogP contribution in [0, 0.1) is 0 Å². The normalized spacial score (nSPS) is 11.4. The van der Waals surface area contributed by atoms with Gasteiger partial charge in [-0.2, -0.15) is 0 Å². The molecule has 0 radical (unpaired) electrons. The molecule has 0 fully saturated rings. The van der Waals surface area contributed by atoms with Crippen LogP contribution in [-0.2, 0) is 24.3 Å². The Labute approximate surface area is 114 Å². The lowest BCUT2D eigenvalue weighted by atomic mass is 10.3. The molecule has 1 aromatic heterocycles. The Balaban J connectivity index is 2.62. The number of ether oxygens (including phenoxy) is 1. The van der Waals surface area contributed by atoms with E-state index >= 15 is 0 Å². The summed E-state index contributed by atoms with van der Waals surface area (Å²) in [5.74, 6) is 0. The van der Waals surface area contributed by atoms with Gasteiger partial charge in [0.1, 0.15) is 0 Å². The van der Waals surface area contributed by atoms with Crippen LogP contribution in [-0.4, -0.2) is 43.7 Å². The zero-order chi connectivity index (χ0) is 13.4. The van der Waals surface area contributed by atoms with Crippen molar-refractivity contribution >= 4 is 11.3 Å². The van der Waals surface area contributed by atoms with E-state index in [1.807, 2.05) is 7.05 Å². The van der Waals surface area contributed by atoms with Gasteiger partial charge in [-0.1, -0.05) is 13.8 Å². The molecule has 1 N–H and O–H groups in total. The molecular weight excluding hydrogens is 246 g/mol. The molecule has 1 heterocycles. The van der Waals surface area contributed by atoms with Gasteiger partial charge in [0.2, 0.25) is 0 Å². The molecule has 0 aromatic carbocycles. The van der Waals surface area contributed by atoms with Gasteiger partial charge in [0.25, 0.3) is 0 Å². The summed E-state index contributed by atoms with van der Waals surface area (Å²) in [4.78, 5) is 8.41. The summed E-state index contributed by atoms with van der Waals surface area (Å²) in [5, 5.41) is 4.41. The van der Waals surface area contributed by atoms with E-state index in [4.69, 9.17) is 4.74 Å². The van der Waals surface area contributed by atoms with Crippen LogP contribution >= 0.6 is 11.3 Å². The molecule has 0 aliphatic heterocycles. The third-order valence-electron chi connectivity index (χ3n) is 2.98. The molecule has 4 nitrogen and oxygen atoms in total. The number of nitrogens with zero attached hydrogens (tertiary/aromatic N) is 2. The Morgan fingerprint density at radius 2 is 2.06 bits per heavy atom. The number of methoxy groups -OCH3 is 1. The van der Waals surface area contributed by atoms with Crippen molar-refractivity contribution in [2.75, 3.05) is 33.8 Å². The summed E-state index contributed by atoms with van der Waals surface area (Å²) in [6, 6.07) is 0. The Kier molecular flexibility index (Phi) is 7.42. The standard InChI is InChI=1S/C13H25N3OS/c1-5-16(6-2)8-7-13-15-11(10-17-4)12(18-13)9-14-3/h14H,5-10H2,1-4H3. The first-order valence-corrected chi connectivity index (χ1v) is 7.40. The first-order chi connectivity index (χ1) is 8.74. The van der Waals surface area contributed by atoms with E-state index < -0.39 is 0 Å². The lowest BCUT2D eigenvalue weighted by molar-refractivity contribution is 0.181. The van der Waals surface area contributed by atoms with Gasteiger partial charge >= 0.3 is 0 Å². The van der Waals surface area contributed by atoms with Crippen LogP contribution in [0.2, 0.25) is 0 Å². The SMILES string of the molecule is CCN(CC)CCc1nc(COC)c(CNC)s1. The van der Waals surface area contributed by atoms with Crippen LogP contribution < -0.4 is 5.32 Å². The van der Waals surface area contributed by atoms with Crippen molar-refractivity contribution in [2.45, 2.75) is 33.4 Å². The quantitative estimate of drug-likeness (QED) is 0.744. The molecule has 0 atom stereocenters. The molecule has 1 rings (SSSR count). The molecule has 0 spiro atoms. The lowest BCUT2D eigenvalue weighted by Crippen LogP contribution is -2.25. The largest absolute Gasteiger partial charge is 0.378 e. The molecule has 18 heavy (non-hydrogen) atoms. The van der Waals surface area contributed by atoms with Crippen LogP contribution in [0.1, 0.15) is 29.4 Å². The van der Waals surface area contributed by atoms with Gasteiger partial charge in [0, 0.05) is 31.5 Å². The van der Waals surface area contributed by atoms with E-state index in [0.29, 0.717) is 6.61 Å². The molecule has 0 aliphatic carbocycles. The molecule has 0 saturated carbocycles. The minimum Gasteiger partial charge on any atom is -0.378 e. The minimum atomic E-state index is 0.610. The highest BCUT2D eigenvalue weighted by atomic mass is 32.1. The minimum absolute atomic E-state index is 0.610. The number of hydrogen-bond acceptors (Lipinski definition) is 5. The van der Waals surface area contributed by atoms with Gasteiger partial charge in [-0.3, -0.25) is 0 Å². The van der Waals surface area contributed by atoms with Crippen LogP contribution in [0.3, 0.4) is 0 Å². The number of thiazole rings is 1. The number of rotatable bonds is 9. The second-order valence-corrected chi connectivity index (χ2v) is 5.39. The lowest BCUT2D eigenvalue weighted by Gasteiger charge is -2.16. The second kappa shape index (κ2) is 8.58. The maximum Gasteiger partial charge on any atom is 0.0945 e. The number of hydrogen-bond donors (Lipinski definition) is 1. The Hall–Kier alpha value is -0.490. The zero-order valence-corrected chi connectivity index (χ0v) is 12.8. The van der Waals surface area contributed by atoms with E-state index in [2.05, 4.69) is 29.0 Å². The summed E-state index contributed by atoms with van der Waals surface area (Å²) in [5.41, 5.74) is 1.09. The van der Waals surface area contributed by atoms with Gasteiger partial charge in [-0.05, 0) is 20.1 Å². The smallest absolute Gasteiger partial charge is 0.0945 e. The molecule has 104 valence electrons. The Morgan fingerprint density at radius 3 is 2.61 bits per heavy atom. The fraction of sp³-hybridized carbons (Fsp3) is 0.769. The van der Waals surface area contributed by atoms with E-state index in [1.165, 1.54) is 9.88 Å². The fourth-order valence-corrected chi connectivity index (χ4v) is 2.96. The molecule has 1 aromatic rings. The predicted octanol–water partition coefficient (Wildman–Crippen LogP) is 1.89. The van der Waals surface area contributed by atoms with E-state index in [9.17, 15) is 0 Å². The van der Waals surface area contributed by atoms with Crippen molar-refractivity contribution in [3.63, 3.8) is 0 Å². The van der Waals surface area contributed by atoms with Crippen molar-refractivity contribution in [3.8, 4) is 0 Å². The van der Waals surface area contributed by atoms with Crippen molar-refractivity contribution < 1.29 is 4.74 Å². The van der Waals surface area contributed by atoms with Crippen LogP contribution in [0.25, 0.3) is 0 Å². The van der Waals surface area contributed by atoms with E-state index in [1.54, 1.807) is 18.4 Å². The molecule has 0 saturated heterocycles. The number of aromatic nitrogens is 1. The summed E-state index contributed by atoms with van der Waals surface area (Å²) in [7, 11) is 3.68. The molecule has 0 aliphatic rings. The van der Waals surface area contributed by atoms with Crippen molar-refractivity contribution in [1.29, 1.82) is 0 Å². The summed E-state index contributed by atoms with van der Waals surface area (Å²) >= 11 is 1.81. The van der Waals surface area contributed by atoms with Gasteiger partial charge in [0.05, 0.1) is 17.3 Å². The molecule has 5 heteroatoms. The van der Waals surface area contributed by atoms with Gasteiger partial charge in [-0.15, -0.1) is 11.3 Å². The zero-order valence-electron chi connectivity index (χ0n) is 12.0. The fourth-order valence-electron chi connectivity index (χ4n) is 1.89. The van der Waals surface area contributed by atoms with Crippen LogP contribution in [0.5, 0.6) is 0 Å². The average molecular weight is 271 g/mol. The molecule has 0 amide bonds. The highest BCUT2D eigenvalue weighted by Gasteiger charge is 2.11. The first-order valence-electron chi connectivity index (χ1n) is 6.58. The highest BCUT2D eigenvalue weighted by molar-refractivity contribution is 7.11. The summed E-state index contributed by atoms with van der Waals surface area (Å²) < 4.78 is 5.20. The number of likely N-dealkylation sites (N-methyl/N-ethyl adjacent to an activating group) is 1. The predicted molar refractivity (Wildman–Crippen MR) is 77.1 cm³/mol. The van der Waals surface area contributed by atoms with E-state index in [0.717, 1.165) is 38.3 Å². The average Bonchev–Trinajstić information content (AvgIpc) is 2.74. The van der Waals surface area contributed by atoms with Gasteiger partial charge in [-0.25, -0.2) is 4.98 Å². The number of nitrogens with one attached hydrogen (secondary N) is 1. The molecule has 0 unspecified atom stereocenters. The van der Waals surface area contributed by atoms with Crippen molar-refractivity contribution in [3.05, 3.63) is 15.6 Å². The molecule has 0 bridgehead atoms.